The van der Waals surface area contributed by atoms with Gasteiger partial charge in [0, 0.05) is 12.6 Å². The standard InChI is InChI=1S/C13H28N2/c1-5-11(2)12(3)15-8-6-7-13(10-15)9-14-4/h11-14H,5-10H2,1-4H3. The molecule has 2 heteroatoms. The third-order valence-electron chi connectivity index (χ3n) is 4.09. The molecule has 2 nitrogen and oxygen atoms in total. The highest BCUT2D eigenvalue weighted by Gasteiger charge is 2.25. The lowest BCUT2D eigenvalue weighted by Gasteiger charge is -2.39. The van der Waals surface area contributed by atoms with Crippen LogP contribution in [0.3, 0.4) is 0 Å². The minimum atomic E-state index is 0.759. The summed E-state index contributed by atoms with van der Waals surface area (Å²) in [6, 6.07) is 0.759. The van der Waals surface area contributed by atoms with Crippen molar-refractivity contribution in [2.45, 2.75) is 46.1 Å². The van der Waals surface area contributed by atoms with Crippen molar-refractivity contribution in [2.24, 2.45) is 11.8 Å². The van der Waals surface area contributed by atoms with Crippen LogP contribution in [-0.2, 0) is 0 Å². The van der Waals surface area contributed by atoms with E-state index < -0.39 is 0 Å². The zero-order chi connectivity index (χ0) is 11.3. The first kappa shape index (κ1) is 13.0. The van der Waals surface area contributed by atoms with Gasteiger partial charge in [0.05, 0.1) is 0 Å². The second-order valence-corrected chi connectivity index (χ2v) is 5.19. The SMILES string of the molecule is CCC(C)C(C)N1CCCC(CNC)C1. The minimum Gasteiger partial charge on any atom is -0.319 e. The van der Waals surface area contributed by atoms with Gasteiger partial charge in [-0.25, -0.2) is 0 Å². The van der Waals surface area contributed by atoms with Crippen LogP contribution in [0.4, 0.5) is 0 Å². The fraction of sp³-hybridized carbons (Fsp3) is 1.00. The van der Waals surface area contributed by atoms with Gasteiger partial charge in [-0.3, -0.25) is 0 Å². The fourth-order valence-electron chi connectivity index (χ4n) is 2.62. The second kappa shape index (κ2) is 6.49. The molecule has 1 aliphatic rings. The summed E-state index contributed by atoms with van der Waals surface area (Å²) in [6.07, 6.45) is 4.09. The average Bonchev–Trinajstić information content (AvgIpc) is 2.28. The number of rotatable bonds is 5. The molecule has 1 fully saturated rings. The molecule has 1 aliphatic heterocycles. The fourth-order valence-corrected chi connectivity index (χ4v) is 2.62. The summed E-state index contributed by atoms with van der Waals surface area (Å²) in [6.45, 7) is 10.9. The van der Waals surface area contributed by atoms with Crippen LogP contribution in [0.5, 0.6) is 0 Å². The van der Waals surface area contributed by atoms with Gasteiger partial charge < -0.3 is 10.2 Å². The molecule has 0 aromatic carbocycles. The highest BCUT2D eigenvalue weighted by molar-refractivity contribution is 4.80. The van der Waals surface area contributed by atoms with Crippen LogP contribution in [0, 0.1) is 11.8 Å². The molecule has 0 saturated carbocycles. The maximum absolute atomic E-state index is 3.31. The van der Waals surface area contributed by atoms with Crippen molar-refractivity contribution in [3.63, 3.8) is 0 Å². The Hall–Kier alpha value is -0.0800. The molecule has 1 rings (SSSR count). The highest BCUT2D eigenvalue weighted by Crippen LogP contribution is 2.22. The number of piperidine rings is 1. The van der Waals surface area contributed by atoms with E-state index in [9.17, 15) is 0 Å². The molecule has 1 N–H and O–H groups in total. The maximum atomic E-state index is 3.31. The van der Waals surface area contributed by atoms with E-state index in [1.807, 2.05) is 0 Å². The van der Waals surface area contributed by atoms with Crippen molar-refractivity contribution in [2.75, 3.05) is 26.7 Å². The van der Waals surface area contributed by atoms with Crippen LogP contribution in [0.1, 0.15) is 40.0 Å². The summed E-state index contributed by atoms with van der Waals surface area (Å²) in [5.74, 6) is 1.70. The molecule has 1 heterocycles. The molecular weight excluding hydrogens is 184 g/mol. The van der Waals surface area contributed by atoms with Gasteiger partial charge in [-0.05, 0) is 51.7 Å². The van der Waals surface area contributed by atoms with E-state index in [1.165, 1.54) is 38.9 Å². The molecule has 3 atom stereocenters. The van der Waals surface area contributed by atoms with Crippen LogP contribution in [0.2, 0.25) is 0 Å². The molecule has 0 aliphatic carbocycles. The third kappa shape index (κ3) is 3.76. The minimum absolute atomic E-state index is 0.759. The van der Waals surface area contributed by atoms with Gasteiger partial charge in [0.2, 0.25) is 0 Å². The topological polar surface area (TPSA) is 15.3 Å². The van der Waals surface area contributed by atoms with Crippen LogP contribution in [-0.4, -0.2) is 37.6 Å². The van der Waals surface area contributed by atoms with Crippen molar-refractivity contribution < 1.29 is 0 Å². The van der Waals surface area contributed by atoms with Gasteiger partial charge in [-0.2, -0.15) is 0 Å². The molecule has 0 aromatic rings. The Morgan fingerprint density at radius 3 is 2.73 bits per heavy atom. The Kier molecular flexibility index (Phi) is 5.62. The average molecular weight is 212 g/mol. The van der Waals surface area contributed by atoms with Crippen LogP contribution in [0.25, 0.3) is 0 Å². The predicted molar refractivity (Wildman–Crippen MR) is 67.1 cm³/mol. The maximum Gasteiger partial charge on any atom is 0.00925 e. The Labute approximate surface area is 95.4 Å². The van der Waals surface area contributed by atoms with Crippen LogP contribution >= 0.6 is 0 Å². The van der Waals surface area contributed by atoms with Crippen LogP contribution in [0.15, 0.2) is 0 Å². The quantitative estimate of drug-likeness (QED) is 0.752. The molecule has 0 spiro atoms. The summed E-state index contributed by atoms with van der Waals surface area (Å²) in [5.41, 5.74) is 0. The van der Waals surface area contributed by atoms with Crippen molar-refractivity contribution in [3.05, 3.63) is 0 Å². The van der Waals surface area contributed by atoms with Gasteiger partial charge in [-0.15, -0.1) is 0 Å². The van der Waals surface area contributed by atoms with Gasteiger partial charge in [0.15, 0.2) is 0 Å². The third-order valence-corrected chi connectivity index (χ3v) is 4.09. The summed E-state index contributed by atoms with van der Waals surface area (Å²) in [5, 5.41) is 3.31. The van der Waals surface area contributed by atoms with E-state index >= 15 is 0 Å². The van der Waals surface area contributed by atoms with Crippen molar-refractivity contribution in [1.29, 1.82) is 0 Å². The molecule has 0 radical (unpaired) electrons. The highest BCUT2D eigenvalue weighted by atomic mass is 15.2. The largest absolute Gasteiger partial charge is 0.319 e. The Morgan fingerprint density at radius 1 is 1.40 bits per heavy atom. The number of hydrogen-bond donors (Lipinski definition) is 1. The molecule has 15 heavy (non-hydrogen) atoms. The van der Waals surface area contributed by atoms with E-state index in [-0.39, 0.29) is 0 Å². The number of hydrogen-bond acceptors (Lipinski definition) is 2. The van der Waals surface area contributed by atoms with E-state index in [1.54, 1.807) is 0 Å². The lowest BCUT2D eigenvalue weighted by Crippen LogP contribution is -2.45. The Bertz CT molecular complexity index is 168. The van der Waals surface area contributed by atoms with Crippen molar-refractivity contribution in [3.8, 4) is 0 Å². The summed E-state index contributed by atoms with van der Waals surface area (Å²) < 4.78 is 0. The lowest BCUT2D eigenvalue weighted by molar-refractivity contribution is 0.1000. The van der Waals surface area contributed by atoms with Gasteiger partial charge in [0.1, 0.15) is 0 Å². The van der Waals surface area contributed by atoms with Gasteiger partial charge >= 0.3 is 0 Å². The Balaban J connectivity index is 2.41. The molecular formula is C13H28N2. The van der Waals surface area contributed by atoms with Gasteiger partial charge in [0.25, 0.3) is 0 Å². The second-order valence-electron chi connectivity index (χ2n) is 5.19. The molecule has 0 aromatic heterocycles. The molecule has 0 bridgehead atoms. The molecule has 0 amide bonds. The first-order chi connectivity index (χ1) is 7.19. The van der Waals surface area contributed by atoms with Gasteiger partial charge in [-0.1, -0.05) is 20.3 Å². The molecule has 3 unspecified atom stereocenters. The lowest BCUT2D eigenvalue weighted by atomic mass is 9.92. The Morgan fingerprint density at radius 2 is 2.13 bits per heavy atom. The van der Waals surface area contributed by atoms with E-state index in [2.05, 4.69) is 38.0 Å². The number of nitrogens with zero attached hydrogens (tertiary/aromatic N) is 1. The van der Waals surface area contributed by atoms with E-state index in [0.29, 0.717) is 0 Å². The zero-order valence-electron chi connectivity index (χ0n) is 10.9. The van der Waals surface area contributed by atoms with Crippen LogP contribution < -0.4 is 5.32 Å². The van der Waals surface area contributed by atoms with Crippen molar-refractivity contribution in [1.82, 2.24) is 10.2 Å². The first-order valence-electron chi connectivity index (χ1n) is 6.57. The van der Waals surface area contributed by atoms with Crippen molar-refractivity contribution >= 4 is 0 Å². The summed E-state index contributed by atoms with van der Waals surface area (Å²) in [4.78, 5) is 2.69. The molecule has 90 valence electrons. The smallest absolute Gasteiger partial charge is 0.00925 e. The first-order valence-corrected chi connectivity index (χ1v) is 6.57. The summed E-state index contributed by atoms with van der Waals surface area (Å²) in [7, 11) is 2.07. The number of nitrogens with one attached hydrogen (secondary N) is 1. The predicted octanol–water partition coefficient (Wildman–Crippen LogP) is 2.35. The van der Waals surface area contributed by atoms with E-state index in [0.717, 1.165) is 17.9 Å². The summed E-state index contributed by atoms with van der Waals surface area (Å²) >= 11 is 0. The monoisotopic (exact) mass is 212 g/mol. The van der Waals surface area contributed by atoms with E-state index in [4.69, 9.17) is 0 Å². The molecule has 1 saturated heterocycles. The number of likely N-dealkylation sites (tertiary alicyclic amines) is 1. The normalized spacial score (nSPS) is 27.6. The zero-order valence-corrected chi connectivity index (χ0v) is 10.9.